The normalized spacial score (nSPS) is 20.6. The molecule has 0 aliphatic carbocycles. The van der Waals surface area contributed by atoms with Gasteiger partial charge in [-0.05, 0) is 12.0 Å². The molecule has 1 aliphatic heterocycles. The predicted octanol–water partition coefficient (Wildman–Crippen LogP) is 0.623. The lowest BCUT2D eigenvalue weighted by molar-refractivity contribution is -0.131. The molecule has 84 valence electrons. The van der Waals surface area contributed by atoms with Crippen LogP contribution in [0.3, 0.4) is 0 Å². The van der Waals surface area contributed by atoms with E-state index in [-0.39, 0.29) is 0 Å². The zero-order valence-electron chi connectivity index (χ0n) is 9.64. The Bertz CT molecular complexity index is 339. The molecule has 1 fully saturated rings. The van der Waals surface area contributed by atoms with Crippen LogP contribution in [0.2, 0.25) is 0 Å². The number of β-amino-alcohol motifs (C(OH)–C–C–N with tert-alkyl or cyclic N) is 1. The van der Waals surface area contributed by atoms with Crippen molar-refractivity contribution < 1.29 is 5.11 Å². The average Bonchev–Trinajstić information content (AvgIpc) is 2.48. The molecule has 1 aromatic heterocycles. The van der Waals surface area contributed by atoms with Gasteiger partial charge in [0.25, 0.3) is 0 Å². The van der Waals surface area contributed by atoms with Crippen LogP contribution in [-0.2, 0) is 13.6 Å². The van der Waals surface area contributed by atoms with Gasteiger partial charge < -0.3 is 5.11 Å². The highest BCUT2D eigenvalue weighted by molar-refractivity contribution is 5.04. The minimum Gasteiger partial charge on any atom is -0.387 e. The van der Waals surface area contributed by atoms with Gasteiger partial charge in [-0.15, -0.1) is 0 Å². The quantitative estimate of drug-likeness (QED) is 0.793. The Morgan fingerprint density at radius 1 is 1.53 bits per heavy atom. The summed E-state index contributed by atoms with van der Waals surface area (Å²) in [5, 5.41) is 14.4. The molecule has 1 N–H and O–H groups in total. The molecule has 0 radical (unpaired) electrons. The molecular formula is C11H19N3O. The number of aliphatic hydroxyl groups is 1. The average molecular weight is 209 g/mol. The molecular weight excluding hydrogens is 190 g/mol. The van der Waals surface area contributed by atoms with Gasteiger partial charge in [0, 0.05) is 32.9 Å². The van der Waals surface area contributed by atoms with Crippen LogP contribution in [0.5, 0.6) is 0 Å². The number of nitrogens with zero attached hydrogens (tertiary/aromatic N) is 3. The van der Waals surface area contributed by atoms with Gasteiger partial charge >= 0.3 is 0 Å². The molecule has 0 spiro atoms. The van der Waals surface area contributed by atoms with Crippen LogP contribution in [0, 0.1) is 5.92 Å². The first kappa shape index (κ1) is 10.6. The zero-order chi connectivity index (χ0) is 11.1. The highest BCUT2D eigenvalue weighted by Crippen LogP contribution is 2.29. The van der Waals surface area contributed by atoms with E-state index in [4.69, 9.17) is 0 Å². The van der Waals surface area contributed by atoms with E-state index in [2.05, 4.69) is 23.8 Å². The Labute approximate surface area is 90.5 Å². The van der Waals surface area contributed by atoms with E-state index >= 15 is 0 Å². The summed E-state index contributed by atoms with van der Waals surface area (Å²) in [6, 6.07) is 2.02. The zero-order valence-corrected chi connectivity index (χ0v) is 9.64. The first-order chi connectivity index (χ1) is 6.99. The third-order valence-corrected chi connectivity index (χ3v) is 3.22. The number of hydrogen-bond donors (Lipinski definition) is 1. The molecule has 4 heteroatoms. The van der Waals surface area contributed by atoms with E-state index in [0.29, 0.717) is 5.92 Å². The SMILES string of the molecule is CC(C)C1(O)CN(Cc2ccn(C)n2)C1. The molecule has 1 aromatic rings. The Kier molecular flexibility index (Phi) is 2.56. The van der Waals surface area contributed by atoms with Crippen molar-refractivity contribution in [2.24, 2.45) is 13.0 Å². The number of likely N-dealkylation sites (tertiary alicyclic amines) is 1. The van der Waals surface area contributed by atoms with Crippen molar-refractivity contribution in [1.29, 1.82) is 0 Å². The molecule has 0 amide bonds. The van der Waals surface area contributed by atoms with E-state index in [9.17, 15) is 5.11 Å². The Hall–Kier alpha value is -0.870. The van der Waals surface area contributed by atoms with Crippen molar-refractivity contribution in [3.63, 3.8) is 0 Å². The molecule has 2 rings (SSSR count). The number of hydrogen-bond acceptors (Lipinski definition) is 3. The topological polar surface area (TPSA) is 41.3 Å². The molecule has 15 heavy (non-hydrogen) atoms. The fraction of sp³-hybridized carbons (Fsp3) is 0.727. The molecule has 0 atom stereocenters. The van der Waals surface area contributed by atoms with E-state index < -0.39 is 5.60 Å². The van der Waals surface area contributed by atoms with Gasteiger partial charge in [-0.25, -0.2) is 0 Å². The molecule has 0 saturated carbocycles. The van der Waals surface area contributed by atoms with Crippen LogP contribution in [0.4, 0.5) is 0 Å². The lowest BCUT2D eigenvalue weighted by Crippen LogP contribution is -2.63. The van der Waals surface area contributed by atoms with Gasteiger partial charge in [-0.3, -0.25) is 9.58 Å². The summed E-state index contributed by atoms with van der Waals surface area (Å²) in [6.07, 6.45) is 1.95. The molecule has 2 heterocycles. The maximum atomic E-state index is 10.1. The van der Waals surface area contributed by atoms with Gasteiger partial charge in [-0.2, -0.15) is 5.10 Å². The predicted molar refractivity (Wildman–Crippen MR) is 58.3 cm³/mol. The summed E-state index contributed by atoms with van der Waals surface area (Å²) in [6.45, 7) is 6.51. The van der Waals surface area contributed by atoms with E-state index in [1.54, 1.807) is 0 Å². The fourth-order valence-electron chi connectivity index (χ4n) is 1.98. The lowest BCUT2D eigenvalue weighted by atomic mass is 9.83. The van der Waals surface area contributed by atoms with Crippen LogP contribution in [0.1, 0.15) is 19.5 Å². The van der Waals surface area contributed by atoms with Gasteiger partial charge in [0.1, 0.15) is 0 Å². The van der Waals surface area contributed by atoms with Crippen LogP contribution in [-0.4, -0.2) is 38.5 Å². The second kappa shape index (κ2) is 3.61. The van der Waals surface area contributed by atoms with Crippen molar-refractivity contribution >= 4 is 0 Å². The Morgan fingerprint density at radius 3 is 2.67 bits per heavy atom. The standard InChI is InChI=1S/C11H19N3O/c1-9(2)11(15)7-14(8-11)6-10-4-5-13(3)12-10/h4-5,9,15H,6-8H2,1-3H3. The monoisotopic (exact) mass is 209 g/mol. The first-order valence-corrected chi connectivity index (χ1v) is 5.43. The lowest BCUT2D eigenvalue weighted by Gasteiger charge is -2.48. The van der Waals surface area contributed by atoms with Crippen LogP contribution >= 0.6 is 0 Å². The first-order valence-electron chi connectivity index (χ1n) is 5.43. The van der Waals surface area contributed by atoms with Crippen LogP contribution in [0.15, 0.2) is 12.3 Å². The van der Waals surface area contributed by atoms with Gasteiger partial charge in [0.15, 0.2) is 0 Å². The van der Waals surface area contributed by atoms with Crippen molar-refractivity contribution in [3.8, 4) is 0 Å². The molecule has 1 aliphatic rings. The number of aryl methyl sites for hydroxylation is 1. The van der Waals surface area contributed by atoms with E-state index in [1.165, 1.54) is 0 Å². The highest BCUT2D eigenvalue weighted by Gasteiger charge is 2.43. The van der Waals surface area contributed by atoms with Crippen molar-refractivity contribution in [1.82, 2.24) is 14.7 Å². The minimum atomic E-state index is -0.477. The van der Waals surface area contributed by atoms with Crippen LogP contribution in [0.25, 0.3) is 0 Å². The number of rotatable bonds is 3. The van der Waals surface area contributed by atoms with Gasteiger partial charge in [0.2, 0.25) is 0 Å². The smallest absolute Gasteiger partial charge is 0.0923 e. The molecule has 1 saturated heterocycles. The second-order valence-corrected chi connectivity index (χ2v) is 4.88. The van der Waals surface area contributed by atoms with E-state index in [1.807, 2.05) is 24.0 Å². The van der Waals surface area contributed by atoms with Gasteiger partial charge in [0.05, 0.1) is 11.3 Å². The Balaban J connectivity index is 1.86. The Morgan fingerprint density at radius 2 is 2.20 bits per heavy atom. The fourth-order valence-corrected chi connectivity index (χ4v) is 1.98. The third-order valence-electron chi connectivity index (χ3n) is 3.22. The highest BCUT2D eigenvalue weighted by atomic mass is 16.3. The third kappa shape index (κ3) is 2.06. The van der Waals surface area contributed by atoms with Crippen LogP contribution < -0.4 is 0 Å². The van der Waals surface area contributed by atoms with Crippen molar-refractivity contribution in [2.45, 2.75) is 26.0 Å². The molecule has 0 bridgehead atoms. The van der Waals surface area contributed by atoms with E-state index in [0.717, 1.165) is 25.3 Å². The molecule has 0 aromatic carbocycles. The summed E-state index contributed by atoms with van der Waals surface area (Å²) in [5.41, 5.74) is 0.595. The number of aromatic nitrogens is 2. The molecule has 0 unspecified atom stereocenters. The second-order valence-electron chi connectivity index (χ2n) is 4.88. The minimum absolute atomic E-state index is 0.331. The summed E-state index contributed by atoms with van der Waals surface area (Å²) < 4.78 is 1.81. The molecule has 4 nitrogen and oxygen atoms in total. The summed E-state index contributed by atoms with van der Waals surface area (Å²) in [4.78, 5) is 2.22. The summed E-state index contributed by atoms with van der Waals surface area (Å²) >= 11 is 0. The van der Waals surface area contributed by atoms with Crippen molar-refractivity contribution in [3.05, 3.63) is 18.0 Å². The largest absolute Gasteiger partial charge is 0.387 e. The maximum absolute atomic E-state index is 10.1. The van der Waals surface area contributed by atoms with Crippen molar-refractivity contribution in [2.75, 3.05) is 13.1 Å². The maximum Gasteiger partial charge on any atom is 0.0923 e. The summed E-state index contributed by atoms with van der Waals surface area (Å²) in [5.74, 6) is 0.331. The van der Waals surface area contributed by atoms with Gasteiger partial charge in [-0.1, -0.05) is 13.8 Å². The summed E-state index contributed by atoms with van der Waals surface area (Å²) in [7, 11) is 1.92.